The molecule has 1 aliphatic heterocycles. The number of hydrogen-bond donors (Lipinski definition) is 1. The number of hydrogen-bond acceptors (Lipinski definition) is 5. The molecule has 4 aromatic rings. The van der Waals surface area contributed by atoms with Crippen LogP contribution in [0.15, 0.2) is 63.9 Å². The van der Waals surface area contributed by atoms with Crippen molar-refractivity contribution in [3.63, 3.8) is 0 Å². The van der Waals surface area contributed by atoms with Gasteiger partial charge in [-0.15, -0.1) is 0 Å². The third kappa shape index (κ3) is 2.96. The number of rotatable bonds is 2. The largest absolute Gasteiger partial charge is 0.422 e. The first kappa shape index (κ1) is 17.0. The second-order valence-corrected chi connectivity index (χ2v) is 7.64. The lowest BCUT2D eigenvalue weighted by molar-refractivity contribution is 0.407. The summed E-state index contributed by atoms with van der Waals surface area (Å²) in [6, 6.07) is 16.5. The zero-order valence-corrected chi connectivity index (χ0v) is 15.9. The number of anilines is 1. The summed E-state index contributed by atoms with van der Waals surface area (Å²) < 4.78 is 7.44. The van der Waals surface area contributed by atoms with Crippen molar-refractivity contribution in [1.29, 1.82) is 0 Å². The van der Waals surface area contributed by atoms with Gasteiger partial charge in [-0.05, 0) is 50.2 Å². The number of piperazine rings is 1. The van der Waals surface area contributed by atoms with Crippen LogP contribution < -0.4 is 15.8 Å². The van der Waals surface area contributed by atoms with E-state index in [1.807, 2.05) is 48.7 Å². The number of fused-ring (bicyclic) bond motifs is 2. The first-order valence-electron chi connectivity index (χ1n) is 9.60. The standard InChI is InChI=1S/C22H22N4O2/c1-14-12-25(13-15(2)23-14)17-7-6-16-9-19(22(27)28-21(16)11-17)20-10-18-5-3-4-8-26(18)24-20/h3-11,14-15,23H,12-13H2,1-2H3/t14-,15?/m0/s1. The van der Waals surface area contributed by atoms with Crippen LogP contribution in [0.4, 0.5) is 5.69 Å². The highest BCUT2D eigenvalue weighted by atomic mass is 16.4. The Balaban J connectivity index is 1.55. The molecule has 1 fully saturated rings. The highest BCUT2D eigenvalue weighted by molar-refractivity contribution is 5.84. The van der Waals surface area contributed by atoms with Crippen molar-refractivity contribution in [2.75, 3.05) is 18.0 Å². The molecule has 1 N–H and O–H groups in total. The number of aromatic nitrogens is 2. The van der Waals surface area contributed by atoms with E-state index in [9.17, 15) is 4.79 Å². The lowest BCUT2D eigenvalue weighted by Gasteiger charge is -2.37. The van der Waals surface area contributed by atoms with Gasteiger partial charge in [-0.25, -0.2) is 9.31 Å². The van der Waals surface area contributed by atoms with Gasteiger partial charge in [-0.1, -0.05) is 6.07 Å². The summed E-state index contributed by atoms with van der Waals surface area (Å²) in [6.45, 7) is 6.23. The van der Waals surface area contributed by atoms with E-state index in [0.717, 1.165) is 29.7 Å². The molecule has 1 unspecified atom stereocenters. The summed E-state index contributed by atoms with van der Waals surface area (Å²) in [5.41, 5.74) is 3.36. The van der Waals surface area contributed by atoms with Gasteiger partial charge in [0.1, 0.15) is 11.3 Å². The van der Waals surface area contributed by atoms with Gasteiger partial charge in [-0.3, -0.25) is 0 Å². The van der Waals surface area contributed by atoms with Crippen molar-refractivity contribution < 1.29 is 4.42 Å². The van der Waals surface area contributed by atoms with Crippen molar-refractivity contribution in [2.24, 2.45) is 0 Å². The van der Waals surface area contributed by atoms with Crippen LogP contribution >= 0.6 is 0 Å². The van der Waals surface area contributed by atoms with Crippen molar-refractivity contribution in [1.82, 2.24) is 14.9 Å². The molecule has 6 heteroatoms. The molecule has 4 heterocycles. The predicted octanol–water partition coefficient (Wildman–Crippen LogP) is 3.29. The molecular formula is C22H22N4O2. The highest BCUT2D eigenvalue weighted by Gasteiger charge is 2.21. The van der Waals surface area contributed by atoms with Crippen LogP contribution in [0.3, 0.4) is 0 Å². The molecule has 1 aliphatic rings. The first-order chi connectivity index (χ1) is 13.6. The summed E-state index contributed by atoms with van der Waals surface area (Å²) in [5.74, 6) is 0. The molecule has 142 valence electrons. The van der Waals surface area contributed by atoms with Gasteiger partial charge in [0.2, 0.25) is 0 Å². The molecule has 5 rings (SSSR count). The van der Waals surface area contributed by atoms with Crippen molar-refractivity contribution in [3.05, 3.63) is 65.1 Å². The summed E-state index contributed by atoms with van der Waals surface area (Å²) in [7, 11) is 0. The molecule has 0 aliphatic carbocycles. The van der Waals surface area contributed by atoms with Gasteiger partial charge >= 0.3 is 5.63 Å². The maximum atomic E-state index is 12.7. The summed E-state index contributed by atoms with van der Waals surface area (Å²) in [6.07, 6.45) is 1.86. The minimum Gasteiger partial charge on any atom is -0.422 e. The molecule has 2 atom stereocenters. The highest BCUT2D eigenvalue weighted by Crippen LogP contribution is 2.26. The van der Waals surface area contributed by atoms with E-state index in [1.54, 1.807) is 4.52 Å². The van der Waals surface area contributed by atoms with Gasteiger partial charge < -0.3 is 14.6 Å². The maximum Gasteiger partial charge on any atom is 0.345 e. The fourth-order valence-corrected chi connectivity index (χ4v) is 4.08. The number of pyridine rings is 1. The van der Waals surface area contributed by atoms with E-state index in [0.29, 0.717) is 28.9 Å². The normalized spacial score (nSPS) is 20.1. The SMILES string of the molecule is CC1CN(c2ccc3cc(-c4cc5ccccn5n4)c(=O)oc3c2)C[C@H](C)N1. The van der Waals surface area contributed by atoms with Crippen molar-refractivity contribution in [3.8, 4) is 11.3 Å². The Morgan fingerprint density at radius 3 is 2.68 bits per heavy atom. The summed E-state index contributed by atoms with van der Waals surface area (Å²) >= 11 is 0. The van der Waals surface area contributed by atoms with Crippen LogP contribution in [0.2, 0.25) is 0 Å². The van der Waals surface area contributed by atoms with E-state index in [1.165, 1.54) is 0 Å². The average Bonchev–Trinajstić information content (AvgIpc) is 3.10. The van der Waals surface area contributed by atoms with Crippen LogP contribution in [0.1, 0.15) is 13.8 Å². The number of nitrogens with zero attached hydrogens (tertiary/aromatic N) is 3. The molecule has 0 radical (unpaired) electrons. The topological polar surface area (TPSA) is 62.8 Å². The van der Waals surface area contributed by atoms with Crippen LogP contribution in [0.5, 0.6) is 0 Å². The van der Waals surface area contributed by atoms with E-state index < -0.39 is 0 Å². The van der Waals surface area contributed by atoms with Crippen LogP contribution in [-0.2, 0) is 0 Å². The Hall–Kier alpha value is -3.12. The second kappa shape index (κ2) is 6.49. The Morgan fingerprint density at radius 1 is 1.07 bits per heavy atom. The average molecular weight is 374 g/mol. The summed E-state index contributed by atoms with van der Waals surface area (Å²) in [4.78, 5) is 15.0. The minimum atomic E-state index is -0.366. The Kier molecular flexibility index (Phi) is 3.94. The first-order valence-corrected chi connectivity index (χ1v) is 9.60. The van der Waals surface area contributed by atoms with E-state index >= 15 is 0 Å². The Bertz CT molecular complexity index is 1180. The maximum absolute atomic E-state index is 12.7. The van der Waals surface area contributed by atoms with Crippen LogP contribution in [-0.4, -0.2) is 34.8 Å². The molecule has 0 amide bonds. The quantitative estimate of drug-likeness (QED) is 0.546. The van der Waals surface area contributed by atoms with Gasteiger partial charge in [0.05, 0.1) is 11.1 Å². The van der Waals surface area contributed by atoms with E-state index in [4.69, 9.17) is 4.42 Å². The molecule has 0 spiro atoms. The van der Waals surface area contributed by atoms with Crippen molar-refractivity contribution >= 4 is 22.2 Å². The fraction of sp³-hybridized carbons (Fsp3) is 0.273. The lowest BCUT2D eigenvalue weighted by Crippen LogP contribution is -2.54. The third-order valence-corrected chi connectivity index (χ3v) is 5.29. The summed E-state index contributed by atoms with van der Waals surface area (Å²) in [5, 5.41) is 8.93. The lowest BCUT2D eigenvalue weighted by atomic mass is 10.1. The second-order valence-electron chi connectivity index (χ2n) is 7.64. The molecule has 6 nitrogen and oxygen atoms in total. The molecular weight excluding hydrogens is 352 g/mol. The number of nitrogens with one attached hydrogen (secondary N) is 1. The van der Waals surface area contributed by atoms with E-state index in [-0.39, 0.29) is 5.63 Å². The molecule has 0 bridgehead atoms. The molecule has 1 aromatic carbocycles. The third-order valence-electron chi connectivity index (χ3n) is 5.29. The molecule has 1 saturated heterocycles. The van der Waals surface area contributed by atoms with Crippen LogP contribution in [0, 0.1) is 0 Å². The Morgan fingerprint density at radius 2 is 1.89 bits per heavy atom. The van der Waals surface area contributed by atoms with Crippen LogP contribution in [0.25, 0.3) is 27.7 Å². The molecule has 28 heavy (non-hydrogen) atoms. The minimum absolute atomic E-state index is 0.366. The van der Waals surface area contributed by atoms with Gasteiger partial charge in [0.15, 0.2) is 0 Å². The smallest absolute Gasteiger partial charge is 0.345 e. The van der Waals surface area contributed by atoms with Gasteiger partial charge in [0, 0.05) is 48.5 Å². The van der Waals surface area contributed by atoms with Crippen molar-refractivity contribution in [2.45, 2.75) is 25.9 Å². The van der Waals surface area contributed by atoms with Gasteiger partial charge in [-0.2, -0.15) is 5.10 Å². The molecule has 3 aromatic heterocycles. The predicted molar refractivity (Wildman–Crippen MR) is 111 cm³/mol. The number of benzene rings is 1. The molecule has 0 saturated carbocycles. The zero-order chi connectivity index (χ0) is 19.3. The van der Waals surface area contributed by atoms with E-state index in [2.05, 4.69) is 35.2 Å². The van der Waals surface area contributed by atoms with Gasteiger partial charge in [0.25, 0.3) is 0 Å². The zero-order valence-electron chi connectivity index (χ0n) is 15.9. The Labute approximate surface area is 162 Å². The monoisotopic (exact) mass is 374 g/mol. The fourth-order valence-electron chi connectivity index (χ4n) is 4.08.